The fraction of sp³-hybridized carbons (Fsp3) is 0.429. The third-order valence-electron chi connectivity index (χ3n) is 3.70. The SMILES string of the molecule is O=C(O)C1CCN(C(=O)O)C(Cc2ccc(Cl)cc2)C1. The van der Waals surface area contributed by atoms with Gasteiger partial charge in [0.1, 0.15) is 0 Å². The van der Waals surface area contributed by atoms with E-state index in [2.05, 4.69) is 0 Å². The van der Waals surface area contributed by atoms with E-state index in [1.807, 2.05) is 12.1 Å². The highest BCUT2D eigenvalue weighted by molar-refractivity contribution is 6.30. The quantitative estimate of drug-likeness (QED) is 0.899. The second kappa shape index (κ2) is 6.13. The molecule has 1 fully saturated rings. The second-order valence-corrected chi connectivity index (χ2v) is 5.46. The number of benzene rings is 1. The van der Waals surface area contributed by atoms with E-state index in [1.54, 1.807) is 12.1 Å². The molecule has 0 radical (unpaired) electrons. The molecule has 1 aromatic rings. The molecule has 0 spiro atoms. The largest absolute Gasteiger partial charge is 0.481 e. The van der Waals surface area contributed by atoms with Crippen molar-refractivity contribution in [2.45, 2.75) is 25.3 Å². The number of carboxylic acids is 1. The summed E-state index contributed by atoms with van der Waals surface area (Å²) >= 11 is 5.82. The third kappa shape index (κ3) is 3.42. The molecule has 0 aromatic heterocycles. The Morgan fingerprint density at radius 3 is 2.45 bits per heavy atom. The second-order valence-electron chi connectivity index (χ2n) is 5.02. The van der Waals surface area contributed by atoms with Gasteiger partial charge in [0, 0.05) is 17.6 Å². The van der Waals surface area contributed by atoms with Crippen molar-refractivity contribution in [3.8, 4) is 0 Å². The number of halogens is 1. The van der Waals surface area contributed by atoms with Crippen molar-refractivity contribution in [2.24, 2.45) is 5.92 Å². The summed E-state index contributed by atoms with van der Waals surface area (Å²) in [6, 6.07) is 6.88. The molecule has 2 rings (SSSR count). The maximum absolute atomic E-state index is 11.2. The van der Waals surface area contributed by atoms with Crippen LogP contribution in [0.2, 0.25) is 5.02 Å². The van der Waals surface area contributed by atoms with E-state index in [9.17, 15) is 14.7 Å². The molecule has 6 heteroatoms. The fourth-order valence-electron chi connectivity index (χ4n) is 2.61. The number of rotatable bonds is 3. The molecular weight excluding hydrogens is 282 g/mol. The summed E-state index contributed by atoms with van der Waals surface area (Å²) < 4.78 is 0. The van der Waals surface area contributed by atoms with Gasteiger partial charge in [-0.3, -0.25) is 4.79 Å². The zero-order chi connectivity index (χ0) is 14.7. The Morgan fingerprint density at radius 2 is 1.90 bits per heavy atom. The summed E-state index contributed by atoms with van der Waals surface area (Å²) in [7, 11) is 0. The standard InChI is InChI=1S/C14H16ClNO4/c15-11-3-1-9(2-4-11)7-12-8-10(13(17)18)5-6-16(12)14(19)20/h1-4,10,12H,5-8H2,(H,17,18)(H,19,20). The van der Waals surface area contributed by atoms with Gasteiger partial charge in [-0.05, 0) is 37.0 Å². The van der Waals surface area contributed by atoms with Gasteiger partial charge in [0.25, 0.3) is 0 Å². The predicted molar refractivity (Wildman–Crippen MR) is 74.0 cm³/mol. The first-order valence-electron chi connectivity index (χ1n) is 6.44. The van der Waals surface area contributed by atoms with Crippen LogP contribution in [0.5, 0.6) is 0 Å². The molecule has 0 saturated carbocycles. The van der Waals surface area contributed by atoms with Crippen molar-refractivity contribution in [2.75, 3.05) is 6.54 Å². The molecule has 2 N–H and O–H groups in total. The first-order valence-corrected chi connectivity index (χ1v) is 6.82. The lowest BCUT2D eigenvalue weighted by Crippen LogP contribution is -2.47. The van der Waals surface area contributed by atoms with Gasteiger partial charge in [-0.2, -0.15) is 0 Å². The van der Waals surface area contributed by atoms with Gasteiger partial charge in [-0.25, -0.2) is 4.79 Å². The molecule has 1 heterocycles. The number of carbonyl (C=O) groups is 2. The highest BCUT2D eigenvalue weighted by Gasteiger charge is 2.34. The smallest absolute Gasteiger partial charge is 0.407 e. The Balaban J connectivity index is 2.12. The molecule has 5 nitrogen and oxygen atoms in total. The Kier molecular flexibility index (Phi) is 4.49. The number of likely N-dealkylation sites (tertiary alicyclic amines) is 1. The van der Waals surface area contributed by atoms with Crippen molar-refractivity contribution in [1.29, 1.82) is 0 Å². The van der Waals surface area contributed by atoms with Crippen LogP contribution < -0.4 is 0 Å². The number of hydrogen-bond acceptors (Lipinski definition) is 2. The molecule has 108 valence electrons. The van der Waals surface area contributed by atoms with Crippen molar-refractivity contribution >= 4 is 23.7 Å². The van der Waals surface area contributed by atoms with Crippen LogP contribution in [0.25, 0.3) is 0 Å². The highest BCUT2D eigenvalue weighted by atomic mass is 35.5. The number of carboxylic acid groups (broad SMARTS) is 2. The zero-order valence-corrected chi connectivity index (χ0v) is 11.6. The minimum absolute atomic E-state index is 0.268. The molecule has 0 aliphatic carbocycles. The molecule has 0 bridgehead atoms. The molecule has 1 aromatic carbocycles. The van der Waals surface area contributed by atoms with Crippen molar-refractivity contribution in [3.63, 3.8) is 0 Å². The number of hydrogen-bond donors (Lipinski definition) is 2. The number of piperidine rings is 1. The van der Waals surface area contributed by atoms with E-state index < -0.39 is 18.0 Å². The van der Waals surface area contributed by atoms with Gasteiger partial charge in [0.15, 0.2) is 0 Å². The molecule has 2 unspecified atom stereocenters. The first kappa shape index (κ1) is 14.7. The van der Waals surface area contributed by atoms with Gasteiger partial charge < -0.3 is 15.1 Å². The van der Waals surface area contributed by atoms with Crippen LogP contribution in [-0.2, 0) is 11.2 Å². The minimum Gasteiger partial charge on any atom is -0.481 e. The molecule has 2 atom stereocenters. The molecule has 1 saturated heterocycles. The normalized spacial score (nSPS) is 22.6. The molecule has 1 amide bonds. The van der Waals surface area contributed by atoms with E-state index >= 15 is 0 Å². The Labute approximate surface area is 121 Å². The summed E-state index contributed by atoms with van der Waals surface area (Å²) in [5, 5.41) is 18.9. The third-order valence-corrected chi connectivity index (χ3v) is 3.95. The van der Waals surface area contributed by atoms with Crippen LogP contribution in [-0.4, -0.2) is 39.8 Å². The number of nitrogens with zero attached hydrogens (tertiary/aromatic N) is 1. The lowest BCUT2D eigenvalue weighted by molar-refractivity contribution is -0.143. The summed E-state index contributed by atoms with van der Waals surface area (Å²) in [6.45, 7) is 0.268. The van der Waals surface area contributed by atoms with Gasteiger partial charge >= 0.3 is 12.1 Å². The average Bonchev–Trinajstić information content (AvgIpc) is 2.41. The van der Waals surface area contributed by atoms with Crippen LogP contribution in [0, 0.1) is 5.92 Å². The van der Waals surface area contributed by atoms with E-state index in [4.69, 9.17) is 16.7 Å². The molecule has 1 aliphatic heterocycles. The molecular formula is C14H16ClNO4. The summed E-state index contributed by atoms with van der Waals surface area (Å²) in [4.78, 5) is 23.7. The fourth-order valence-corrected chi connectivity index (χ4v) is 2.74. The Bertz CT molecular complexity index is 502. The van der Waals surface area contributed by atoms with Gasteiger partial charge in [-0.15, -0.1) is 0 Å². The van der Waals surface area contributed by atoms with Crippen LogP contribution in [0.4, 0.5) is 4.79 Å². The maximum atomic E-state index is 11.2. The van der Waals surface area contributed by atoms with Crippen LogP contribution in [0.1, 0.15) is 18.4 Å². The first-order chi connectivity index (χ1) is 9.47. The van der Waals surface area contributed by atoms with E-state index in [0.29, 0.717) is 24.3 Å². The average molecular weight is 298 g/mol. The molecule has 1 aliphatic rings. The van der Waals surface area contributed by atoms with Crippen molar-refractivity contribution in [1.82, 2.24) is 4.90 Å². The number of amides is 1. The van der Waals surface area contributed by atoms with Crippen molar-refractivity contribution < 1.29 is 19.8 Å². The number of aliphatic carboxylic acids is 1. The van der Waals surface area contributed by atoms with Gasteiger partial charge in [0.05, 0.1) is 5.92 Å². The van der Waals surface area contributed by atoms with Gasteiger partial charge in [0.2, 0.25) is 0 Å². The molecule has 20 heavy (non-hydrogen) atoms. The summed E-state index contributed by atoms with van der Waals surface area (Å²) in [5.74, 6) is -1.32. The lowest BCUT2D eigenvalue weighted by atomic mass is 9.88. The monoisotopic (exact) mass is 297 g/mol. The maximum Gasteiger partial charge on any atom is 0.407 e. The van der Waals surface area contributed by atoms with Crippen LogP contribution in [0.3, 0.4) is 0 Å². The zero-order valence-electron chi connectivity index (χ0n) is 10.8. The van der Waals surface area contributed by atoms with E-state index in [-0.39, 0.29) is 12.6 Å². The summed E-state index contributed by atoms with van der Waals surface area (Å²) in [5.41, 5.74) is 0.955. The lowest BCUT2D eigenvalue weighted by Gasteiger charge is -2.36. The van der Waals surface area contributed by atoms with Gasteiger partial charge in [-0.1, -0.05) is 23.7 Å². The van der Waals surface area contributed by atoms with Crippen LogP contribution >= 0.6 is 11.6 Å². The minimum atomic E-state index is -0.993. The summed E-state index contributed by atoms with van der Waals surface area (Å²) in [6.07, 6.45) is 0.240. The topological polar surface area (TPSA) is 77.8 Å². The van der Waals surface area contributed by atoms with E-state index in [0.717, 1.165) is 5.56 Å². The Morgan fingerprint density at radius 1 is 1.25 bits per heavy atom. The highest BCUT2D eigenvalue weighted by Crippen LogP contribution is 2.26. The predicted octanol–water partition coefficient (Wildman–Crippen LogP) is 2.73. The van der Waals surface area contributed by atoms with Crippen LogP contribution in [0.15, 0.2) is 24.3 Å². The Hall–Kier alpha value is -1.75. The van der Waals surface area contributed by atoms with E-state index in [1.165, 1.54) is 4.90 Å². The van der Waals surface area contributed by atoms with Crippen molar-refractivity contribution in [3.05, 3.63) is 34.9 Å².